The molecule has 0 amide bonds. The lowest BCUT2D eigenvalue weighted by molar-refractivity contribution is -0.145. The zero-order valence-electron chi connectivity index (χ0n) is 8.06. The third-order valence-corrected chi connectivity index (χ3v) is 1.78. The van der Waals surface area contributed by atoms with Gasteiger partial charge in [0, 0.05) is 13.2 Å². The Bertz CT molecular complexity index is 335. The van der Waals surface area contributed by atoms with Crippen molar-refractivity contribution in [3.8, 4) is 0 Å². The zero-order valence-corrected chi connectivity index (χ0v) is 8.06. The van der Waals surface area contributed by atoms with Crippen LogP contribution in [0.15, 0.2) is 6.20 Å². The van der Waals surface area contributed by atoms with Gasteiger partial charge < -0.3 is 15.5 Å². The number of nitrogens with one attached hydrogen (secondary N) is 1. The van der Waals surface area contributed by atoms with Gasteiger partial charge in [-0.25, -0.2) is 4.79 Å². The quantitative estimate of drug-likeness (QED) is 0.613. The minimum absolute atomic E-state index is 0.0259. The molecular weight excluding hydrogens is 186 g/mol. The van der Waals surface area contributed by atoms with Gasteiger partial charge in [0.15, 0.2) is 6.10 Å². The molecule has 0 aliphatic heterocycles. The molecule has 1 rings (SSSR count). The number of aliphatic carboxylic acids is 1. The second-order valence-electron chi connectivity index (χ2n) is 3.04. The van der Waals surface area contributed by atoms with Gasteiger partial charge in [0.2, 0.25) is 0 Å². The van der Waals surface area contributed by atoms with Gasteiger partial charge in [-0.2, -0.15) is 5.10 Å². The van der Waals surface area contributed by atoms with Gasteiger partial charge in [0.1, 0.15) is 0 Å². The van der Waals surface area contributed by atoms with Crippen LogP contribution in [0.5, 0.6) is 0 Å². The molecule has 0 radical (unpaired) electrons. The molecule has 1 atom stereocenters. The van der Waals surface area contributed by atoms with Crippen molar-refractivity contribution < 1.29 is 15.0 Å². The van der Waals surface area contributed by atoms with Crippen molar-refractivity contribution in [1.82, 2.24) is 9.78 Å². The summed E-state index contributed by atoms with van der Waals surface area (Å²) in [7, 11) is 1.77. The number of rotatable bonds is 4. The van der Waals surface area contributed by atoms with Gasteiger partial charge in [-0.15, -0.1) is 0 Å². The summed E-state index contributed by atoms with van der Waals surface area (Å²) in [6.07, 6.45) is 0.332. The molecule has 6 nitrogen and oxygen atoms in total. The van der Waals surface area contributed by atoms with Gasteiger partial charge in [-0.05, 0) is 6.92 Å². The average Bonchev–Trinajstić information content (AvgIpc) is 2.40. The number of carboxylic acid groups (broad SMARTS) is 1. The Labute approximate surface area is 81.2 Å². The van der Waals surface area contributed by atoms with Crippen molar-refractivity contribution in [3.05, 3.63) is 11.9 Å². The first-order chi connectivity index (χ1) is 6.50. The van der Waals surface area contributed by atoms with E-state index >= 15 is 0 Å². The summed E-state index contributed by atoms with van der Waals surface area (Å²) in [6, 6.07) is 0. The molecule has 0 aliphatic rings. The summed E-state index contributed by atoms with van der Waals surface area (Å²) in [5, 5.41) is 24.3. The van der Waals surface area contributed by atoms with Crippen molar-refractivity contribution >= 4 is 11.7 Å². The second-order valence-corrected chi connectivity index (χ2v) is 3.04. The number of aryl methyl sites for hydroxylation is 2. The minimum Gasteiger partial charge on any atom is -0.479 e. The summed E-state index contributed by atoms with van der Waals surface area (Å²) in [4.78, 5) is 10.3. The van der Waals surface area contributed by atoms with E-state index in [9.17, 15) is 4.79 Å². The predicted molar refractivity (Wildman–Crippen MR) is 50.1 cm³/mol. The molecule has 1 aromatic heterocycles. The van der Waals surface area contributed by atoms with Crippen LogP contribution in [0.2, 0.25) is 0 Å². The Morgan fingerprint density at radius 2 is 2.43 bits per heavy atom. The number of carboxylic acids is 1. The lowest BCUT2D eigenvalue weighted by Crippen LogP contribution is -2.28. The first-order valence-electron chi connectivity index (χ1n) is 4.15. The summed E-state index contributed by atoms with van der Waals surface area (Å²) in [5.74, 6) is -1.24. The van der Waals surface area contributed by atoms with Crippen LogP contribution in [0.3, 0.4) is 0 Å². The third-order valence-electron chi connectivity index (χ3n) is 1.78. The largest absolute Gasteiger partial charge is 0.479 e. The second kappa shape index (κ2) is 4.10. The maximum absolute atomic E-state index is 10.3. The van der Waals surface area contributed by atoms with E-state index in [0.29, 0.717) is 0 Å². The molecule has 0 spiro atoms. The van der Waals surface area contributed by atoms with Crippen LogP contribution in [0.1, 0.15) is 5.69 Å². The van der Waals surface area contributed by atoms with Crippen LogP contribution in [0.4, 0.5) is 5.69 Å². The van der Waals surface area contributed by atoms with Crippen LogP contribution in [-0.2, 0) is 11.8 Å². The van der Waals surface area contributed by atoms with Gasteiger partial charge in [-0.1, -0.05) is 0 Å². The Hall–Kier alpha value is -1.56. The van der Waals surface area contributed by atoms with Crippen molar-refractivity contribution in [2.24, 2.45) is 7.05 Å². The van der Waals surface area contributed by atoms with Crippen molar-refractivity contribution in [1.29, 1.82) is 0 Å². The average molecular weight is 199 g/mol. The predicted octanol–water partition coefficient (Wildman–Crippen LogP) is -0.414. The number of aromatic nitrogens is 2. The highest BCUT2D eigenvalue weighted by Crippen LogP contribution is 2.10. The fourth-order valence-corrected chi connectivity index (χ4v) is 1.07. The monoisotopic (exact) mass is 199 g/mol. The molecular formula is C8H13N3O3. The first kappa shape index (κ1) is 10.5. The molecule has 1 unspecified atom stereocenters. The smallest absolute Gasteiger partial charge is 0.334 e. The Kier molecular flexibility index (Phi) is 3.08. The number of hydrogen-bond acceptors (Lipinski definition) is 4. The van der Waals surface area contributed by atoms with Crippen molar-refractivity contribution in [2.45, 2.75) is 13.0 Å². The maximum atomic E-state index is 10.3. The molecule has 3 N–H and O–H groups in total. The number of aliphatic hydroxyl groups excluding tert-OH is 1. The van der Waals surface area contributed by atoms with Gasteiger partial charge in [-0.3, -0.25) is 4.68 Å². The topological polar surface area (TPSA) is 87.4 Å². The van der Waals surface area contributed by atoms with E-state index in [4.69, 9.17) is 10.2 Å². The summed E-state index contributed by atoms with van der Waals surface area (Å²) in [5.41, 5.74) is 1.50. The van der Waals surface area contributed by atoms with Gasteiger partial charge >= 0.3 is 5.97 Å². The van der Waals surface area contributed by atoms with Crippen LogP contribution in [-0.4, -0.2) is 38.6 Å². The van der Waals surface area contributed by atoms with Crippen LogP contribution in [0, 0.1) is 6.92 Å². The summed E-state index contributed by atoms with van der Waals surface area (Å²) >= 11 is 0. The van der Waals surface area contributed by atoms with E-state index in [0.717, 1.165) is 11.4 Å². The molecule has 0 aliphatic carbocycles. The van der Waals surface area contributed by atoms with E-state index in [2.05, 4.69) is 10.4 Å². The zero-order chi connectivity index (χ0) is 10.7. The molecule has 6 heteroatoms. The highest BCUT2D eigenvalue weighted by molar-refractivity contribution is 5.72. The normalized spacial score (nSPS) is 12.5. The molecule has 0 fully saturated rings. The Morgan fingerprint density at radius 3 is 2.86 bits per heavy atom. The fraction of sp³-hybridized carbons (Fsp3) is 0.500. The van der Waals surface area contributed by atoms with Crippen molar-refractivity contribution in [2.75, 3.05) is 11.9 Å². The number of nitrogens with zero attached hydrogens (tertiary/aromatic N) is 2. The molecule has 0 saturated heterocycles. The minimum atomic E-state index is -1.39. The molecule has 1 aromatic rings. The van der Waals surface area contributed by atoms with E-state index in [-0.39, 0.29) is 6.54 Å². The van der Waals surface area contributed by atoms with E-state index < -0.39 is 12.1 Å². The first-order valence-corrected chi connectivity index (χ1v) is 4.15. The lowest BCUT2D eigenvalue weighted by Gasteiger charge is -2.07. The third kappa shape index (κ3) is 2.46. The van der Waals surface area contributed by atoms with Crippen LogP contribution >= 0.6 is 0 Å². The summed E-state index contributed by atoms with van der Waals surface area (Å²) in [6.45, 7) is 1.78. The van der Waals surface area contributed by atoms with E-state index in [1.54, 1.807) is 24.9 Å². The molecule has 0 aromatic carbocycles. The van der Waals surface area contributed by atoms with Gasteiger partial charge in [0.25, 0.3) is 0 Å². The van der Waals surface area contributed by atoms with Crippen LogP contribution in [0.25, 0.3) is 0 Å². The van der Waals surface area contributed by atoms with Gasteiger partial charge in [0.05, 0.1) is 17.9 Å². The standard InChI is InChI=1S/C8H13N3O3/c1-5-6(4-11(2)10-5)9-3-7(12)8(13)14/h4,7,9,12H,3H2,1-2H3,(H,13,14). The van der Waals surface area contributed by atoms with Crippen molar-refractivity contribution in [3.63, 3.8) is 0 Å². The summed E-state index contributed by atoms with van der Waals surface area (Å²) < 4.78 is 1.62. The number of carbonyl (C=O) groups is 1. The highest BCUT2D eigenvalue weighted by Gasteiger charge is 2.13. The number of hydrogen-bond donors (Lipinski definition) is 3. The maximum Gasteiger partial charge on any atom is 0.334 e. The van der Waals surface area contributed by atoms with E-state index in [1.807, 2.05) is 0 Å². The molecule has 78 valence electrons. The Morgan fingerprint density at radius 1 is 1.79 bits per heavy atom. The van der Waals surface area contributed by atoms with Crippen LogP contribution < -0.4 is 5.32 Å². The SMILES string of the molecule is Cc1nn(C)cc1NCC(O)C(=O)O. The Balaban J connectivity index is 2.53. The molecule has 1 heterocycles. The number of anilines is 1. The lowest BCUT2D eigenvalue weighted by atomic mass is 10.3. The highest BCUT2D eigenvalue weighted by atomic mass is 16.4. The molecule has 0 bridgehead atoms. The van der Waals surface area contributed by atoms with E-state index in [1.165, 1.54) is 0 Å². The molecule has 14 heavy (non-hydrogen) atoms. The molecule has 0 saturated carbocycles. The number of aliphatic hydroxyl groups is 1. The fourth-order valence-electron chi connectivity index (χ4n) is 1.07.